The van der Waals surface area contributed by atoms with Crippen molar-refractivity contribution < 1.29 is 9.47 Å². The number of piperidine rings is 1. The average molecular weight is 392 g/mol. The fourth-order valence-corrected chi connectivity index (χ4v) is 4.90. The van der Waals surface area contributed by atoms with Gasteiger partial charge in [-0.2, -0.15) is 5.10 Å². The zero-order chi connectivity index (χ0) is 20.0. The van der Waals surface area contributed by atoms with Crippen LogP contribution in [0.15, 0.2) is 47.6 Å². The molecule has 1 spiro atoms. The molecule has 2 aromatic carbocycles. The molecule has 1 atom stereocenters. The Balaban J connectivity index is 1.57. The van der Waals surface area contributed by atoms with Gasteiger partial charge in [0, 0.05) is 37.9 Å². The van der Waals surface area contributed by atoms with Crippen LogP contribution in [0, 0.1) is 6.92 Å². The Kier molecular flexibility index (Phi) is 4.50. The molecule has 0 aromatic heterocycles. The first-order valence-electron chi connectivity index (χ1n) is 10.7. The molecule has 0 bridgehead atoms. The molecule has 5 rings (SSSR count). The lowest BCUT2D eigenvalue weighted by Crippen LogP contribution is -2.59. The second-order valence-electron chi connectivity index (χ2n) is 8.34. The molecule has 1 fully saturated rings. The topological polar surface area (TPSA) is 37.3 Å². The van der Waals surface area contributed by atoms with Crippen molar-refractivity contribution in [3.05, 3.63) is 59.2 Å². The molecule has 0 radical (unpaired) electrons. The van der Waals surface area contributed by atoms with E-state index in [2.05, 4.69) is 60.2 Å². The number of hydrogen-bond donors (Lipinski definition) is 0. The second-order valence-corrected chi connectivity index (χ2v) is 8.34. The number of benzene rings is 2. The number of likely N-dealkylation sites (tertiary alicyclic amines) is 1. The summed E-state index contributed by atoms with van der Waals surface area (Å²) in [5, 5.41) is 7.43. The maximum absolute atomic E-state index is 6.76. The summed E-state index contributed by atoms with van der Waals surface area (Å²) in [4.78, 5) is 2.49. The normalized spacial score (nSPS) is 22.7. The summed E-state index contributed by atoms with van der Waals surface area (Å²) >= 11 is 0. The minimum Gasteiger partial charge on any atom is -0.493 e. The molecular weight excluding hydrogens is 362 g/mol. The molecule has 5 heteroatoms. The molecule has 5 nitrogen and oxygen atoms in total. The lowest BCUT2D eigenvalue weighted by Gasteiger charge is -2.51. The quantitative estimate of drug-likeness (QED) is 0.779. The van der Waals surface area contributed by atoms with Crippen molar-refractivity contribution in [2.45, 2.75) is 44.9 Å². The number of hydrazone groups is 1. The van der Waals surface area contributed by atoms with Crippen LogP contribution in [0.3, 0.4) is 0 Å². The zero-order valence-electron chi connectivity index (χ0n) is 17.5. The predicted octanol–water partition coefficient (Wildman–Crippen LogP) is 4.36. The van der Waals surface area contributed by atoms with Gasteiger partial charge in [-0.3, -0.25) is 0 Å². The summed E-state index contributed by atoms with van der Waals surface area (Å²) in [5.74, 6) is 1.73. The summed E-state index contributed by atoms with van der Waals surface area (Å²) in [7, 11) is 1.72. The van der Waals surface area contributed by atoms with Gasteiger partial charge in [-0.05, 0) is 25.1 Å². The summed E-state index contributed by atoms with van der Waals surface area (Å²) in [5.41, 5.74) is 4.40. The minimum atomic E-state index is -0.398. The summed E-state index contributed by atoms with van der Waals surface area (Å²) in [6.07, 6.45) is 2.78. The summed E-state index contributed by atoms with van der Waals surface area (Å²) in [6, 6.07) is 15.1. The van der Waals surface area contributed by atoms with Crippen molar-refractivity contribution in [1.29, 1.82) is 0 Å². The smallest absolute Gasteiger partial charge is 0.200 e. The van der Waals surface area contributed by atoms with Crippen LogP contribution < -0.4 is 9.47 Å². The van der Waals surface area contributed by atoms with E-state index in [1.54, 1.807) is 7.11 Å². The monoisotopic (exact) mass is 391 g/mol. The number of methoxy groups -OCH3 is 1. The number of fused-ring (bicyclic) bond motifs is 4. The van der Waals surface area contributed by atoms with E-state index < -0.39 is 5.72 Å². The molecule has 2 aromatic rings. The molecule has 152 valence electrons. The highest BCUT2D eigenvalue weighted by molar-refractivity contribution is 6.02. The lowest BCUT2D eigenvalue weighted by atomic mass is 9.90. The maximum atomic E-state index is 6.76. The van der Waals surface area contributed by atoms with E-state index in [9.17, 15) is 0 Å². The van der Waals surface area contributed by atoms with E-state index >= 15 is 0 Å². The van der Waals surface area contributed by atoms with Crippen LogP contribution in [-0.2, 0) is 0 Å². The molecule has 1 saturated heterocycles. The SMILES string of the molecule is CCN1CCC2(CC1)Oc1c(OC)cccc1[C@H]1CC(c3ccc(C)cc3)=NN12. The van der Waals surface area contributed by atoms with E-state index in [1.807, 2.05) is 6.07 Å². The molecule has 3 aliphatic heterocycles. The zero-order valence-corrected chi connectivity index (χ0v) is 17.5. The first kappa shape index (κ1) is 18.5. The number of rotatable bonds is 3. The standard InChI is InChI=1S/C24H29N3O2/c1-4-26-14-12-24(13-15-26)27-21(19-6-5-7-22(28-3)23(19)29-24)16-20(25-27)18-10-8-17(2)9-11-18/h5-11,21H,4,12-16H2,1-3H3/t21-/m1/s1. The summed E-state index contributed by atoms with van der Waals surface area (Å²) < 4.78 is 12.4. The Morgan fingerprint density at radius 1 is 1.14 bits per heavy atom. The van der Waals surface area contributed by atoms with Crippen molar-refractivity contribution in [3.63, 3.8) is 0 Å². The van der Waals surface area contributed by atoms with E-state index in [0.29, 0.717) is 0 Å². The van der Waals surface area contributed by atoms with Crippen LogP contribution in [0.25, 0.3) is 0 Å². The third-order valence-corrected chi connectivity index (χ3v) is 6.68. The molecule has 3 heterocycles. The molecule has 3 aliphatic rings. The van der Waals surface area contributed by atoms with Gasteiger partial charge in [-0.15, -0.1) is 0 Å². The van der Waals surface area contributed by atoms with Gasteiger partial charge in [0.1, 0.15) is 0 Å². The van der Waals surface area contributed by atoms with Gasteiger partial charge in [0.15, 0.2) is 11.5 Å². The number of ether oxygens (including phenoxy) is 2. The van der Waals surface area contributed by atoms with E-state index in [-0.39, 0.29) is 6.04 Å². The van der Waals surface area contributed by atoms with Gasteiger partial charge in [0.2, 0.25) is 5.72 Å². The van der Waals surface area contributed by atoms with E-state index in [4.69, 9.17) is 14.6 Å². The third-order valence-electron chi connectivity index (χ3n) is 6.68. The molecule has 0 saturated carbocycles. The van der Waals surface area contributed by atoms with Crippen molar-refractivity contribution >= 4 is 5.71 Å². The Hall–Kier alpha value is -2.53. The molecule has 0 amide bonds. The van der Waals surface area contributed by atoms with Crippen LogP contribution in [0.2, 0.25) is 0 Å². The van der Waals surface area contributed by atoms with Gasteiger partial charge >= 0.3 is 0 Å². The molecular formula is C24H29N3O2. The van der Waals surface area contributed by atoms with Crippen molar-refractivity contribution in [3.8, 4) is 11.5 Å². The Labute approximate surface area is 172 Å². The highest BCUT2D eigenvalue weighted by atomic mass is 16.5. The van der Waals surface area contributed by atoms with Gasteiger partial charge in [0.25, 0.3) is 0 Å². The molecule has 0 unspecified atom stereocenters. The first-order valence-corrected chi connectivity index (χ1v) is 10.7. The van der Waals surface area contributed by atoms with Crippen molar-refractivity contribution in [2.24, 2.45) is 5.10 Å². The minimum absolute atomic E-state index is 0.193. The van der Waals surface area contributed by atoms with Crippen LogP contribution >= 0.6 is 0 Å². The third kappa shape index (κ3) is 2.99. The fraction of sp³-hybridized carbons (Fsp3) is 0.458. The van der Waals surface area contributed by atoms with Crippen molar-refractivity contribution in [1.82, 2.24) is 9.91 Å². The lowest BCUT2D eigenvalue weighted by molar-refractivity contribution is -0.150. The molecule has 0 N–H and O–H groups in total. The number of aryl methyl sites for hydroxylation is 1. The van der Waals surface area contributed by atoms with Crippen LogP contribution in [0.1, 0.15) is 48.9 Å². The highest BCUT2D eigenvalue weighted by Gasteiger charge is 2.52. The number of para-hydroxylation sites is 1. The number of hydrogen-bond acceptors (Lipinski definition) is 5. The molecule has 0 aliphatic carbocycles. The van der Waals surface area contributed by atoms with Crippen LogP contribution in [-0.4, -0.2) is 48.1 Å². The van der Waals surface area contributed by atoms with Crippen LogP contribution in [0.4, 0.5) is 0 Å². The Morgan fingerprint density at radius 3 is 2.59 bits per heavy atom. The fourth-order valence-electron chi connectivity index (χ4n) is 4.90. The Bertz CT molecular complexity index is 930. The second kappa shape index (κ2) is 7.06. The van der Waals surface area contributed by atoms with E-state index in [0.717, 1.165) is 56.1 Å². The highest BCUT2D eigenvalue weighted by Crippen LogP contribution is 2.52. The van der Waals surface area contributed by atoms with Gasteiger partial charge in [-0.1, -0.05) is 48.9 Å². The van der Waals surface area contributed by atoms with Crippen LogP contribution in [0.5, 0.6) is 11.5 Å². The van der Waals surface area contributed by atoms with Gasteiger partial charge in [0.05, 0.1) is 18.9 Å². The average Bonchev–Trinajstić information content (AvgIpc) is 3.21. The Morgan fingerprint density at radius 2 is 1.90 bits per heavy atom. The summed E-state index contributed by atoms with van der Waals surface area (Å²) in [6.45, 7) is 7.48. The van der Waals surface area contributed by atoms with Crippen molar-refractivity contribution in [2.75, 3.05) is 26.7 Å². The largest absolute Gasteiger partial charge is 0.493 e. The number of nitrogens with zero attached hydrogens (tertiary/aromatic N) is 3. The predicted molar refractivity (Wildman–Crippen MR) is 115 cm³/mol. The van der Waals surface area contributed by atoms with Gasteiger partial charge < -0.3 is 14.4 Å². The van der Waals surface area contributed by atoms with E-state index in [1.165, 1.54) is 16.7 Å². The first-order chi connectivity index (χ1) is 14.1. The van der Waals surface area contributed by atoms with Gasteiger partial charge in [-0.25, -0.2) is 5.01 Å². The maximum Gasteiger partial charge on any atom is 0.200 e. The molecule has 29 heavy (non-hydrogen) atoms.